The topological polar surface area (TPSA) is 71.6 Å². The Morgan fingerprint density at radius 1 is 1.21 bits per heavy atom. The van der Waals surface area contributed by atoms with Crippen LogP contribution in [0.25, 0.3) is 17.2 Å². The van der Waals surface area contributed by atoms with Crippen LogP contribution in [0.4, 0.5) is 4.39 Å². The molecule has 2 aromatic heterocycles. The average molecular weight is 338 g/mol. The average Bonchev–Trinajstić information content (AvgIpc) is 2.62. The molecule has 24 heavy (non-hydrogen) atoms. The standard InChI is InChI=1S/C17H11FN4OS/c18-11-4-6-12(7-5-11)22-16(14-3-1-2-8-20-14)21-15(10-24)13(9-19)17(22)23/h1-8,24H,10H2. The first kappa shape index (κ1) is 15.9. The molecule has 0 fully saturated rings. The SMILES string of the molecule is N#Cc1c(CS)nc(-c2ccccn2)n(-c2ccc(F)cc2)c1=O. The van der Waals surface area contributed by atoms with Gasteiger partial charge in [-0.25, -0.2) is 9.37 Å². The van der Waals surface area contributed by atoms with E-state index in [0.29, 0.717) is 11.4 Å². The molecule has 0 aliphatic heterocycles. The fraction of sp³-hybridized carbons (Fsp3) is 0.0588. The van der Waals surface area contributed by atoms with Crippen molar-refractivity contribution in [2.45, 2.75) is 5.75 Å². The highest BCUT2D eigenvalue weighted by molar-refractivity contribution is 7.79. The van der Waals surface area contributed by atoms with Gasteiger partial charge in [-0.3, -0.25) is 14.3 Å². The summed E-state index contributed by atoms with van der Waals surface area (Å²) in [7, 11) is 0. The summed E-state index contributed by atoms with van der Waals surface area (Å²) in [5.41, 5.74) is 0.519. The molecule has 7 heteroatoms. The largest absolute Gasteiger partial charge is 0.276 e. The van der Waals surface area contributed by atoms with Gasteiger partial charge < -0.3 is 0 Å². The van der Waals surface area contributed by atoms with Gasteiger partial charge in [0.15, 0.2) is 5.82 Å². The van der Waals surface area contributed by atoms with Crippen LogP contribution >= 0.6 is 12.6 Å². The molecule has 118 valence electrons. The Bertz CT molecular complexity index is 978. The Morgan fingerprint density at radius 2 is 1.96 bits per heavy atom. The van der Waals surface area contributed by atoms with Crippen molar-refractivity contribution in [1.82, 2.24) is 14.5 Å². The third-order valence-corrected chi connectivity index (χ3v) is 3.70. The number of nitriles is 1. The smallest absolute Gasteiger partial charge is 0.267 e. The summed E-state index contributed by atoms with van der Waals surface area (Å²) in [5.74, 6) is -0.00993. The molecule has 0 atom stereocenters. The number of hydrogen-bond donors (Lipinski definition) is 1. The fourth-order valence-corrected chi connectivity index (χ4v) is 2.52. The lowest BCUT2D eigenvalue weighted by molar-refractivity contribution is 0.627. The first-order chi connectivity index (χ1) is 11.7. The second kappa shape index (κ2) is 6.64. The van der Waals surface area contributed by atoms with Gasteiger partial charge >= 0.3 is 0 Å². The minimum atomic E-state index is -0.538. The third-order valence-electron chi connectivity index (χ3n) is 3.40. The molecule has 5 nitrogen and oxygen atoms in total. The van der Waals surface area contributed by atoms with Gasteiger partial charge in [-0.1, -0.05) is 6.07 Å². The number of thiol groups is 1. The number of halogens is 1. The summed E-state index contributed by atoms with van der Waals surface area (Å²) < 4.78 is 14.5. The van der Waals surface area contributed by atoms with E-state index in [0.717, 1.165) is 0 Å². The van der Waals surface area contributed by atoms with Crippen LogP contribution in [-0.2, 0) is 5.75 Å². The molecule has 0 unspecified atom stereocenters. The highest BCUT2D eigenvalue weighted by Gasteiger charge is 2.18. The van der Waals surface area contributed by atoms with Crippen molar-refractivity contribution in [2.75, 3.05) is 0 Å². The van der Waals surface area contributed by atoms with Crippen LogP contribution in [0, 0.1) is 17.1 Å². The second-order valence-corrected chi connectivity index (χ2v) is 5.18. The normalized spacial score (nSPS) is 10.4. The Balaban J connectivity index is 2.39. The zero-order chi connectivity index (χ0) is 17.1. The van der Waals surface area contributed by atoms with Crippen molar-refractivity contribution in [3.63, 3.8) is 0 Å². The lowest BCUT2D eigenvalue weighted by atomic mass is 10.2. The Labute approximate surface area is 142 Å². The lowest BCUT2D eigenvalue weighted by Gasteiger charge is -2.14. The molecular weight excluding hydrogens is 327 g/mol. The number of pyridine rings is 1. The number of benzene rings is 1. The van der Waals surface area contributed by atoms with Crippen molar-refractivity contribution >= 4 is 12.6 Å². The summed E-state index contributed by atoms with van der Waals surface area (Å²) in [6.45, 7) is 0. The molecule has 0 aliphatic carbocycles. The number of rotatable bonds is 3. The number of hydrogen-bond acceptors (Lipinski definition) is 5. The quantitative estimate of drug-likeness (QED) is 0.746. The Hall–Kier alpha value is -2.98. The third kappa shape index (κ3) is 2.79. The first-order valence-electron chi connectivity index (χ1n) is 7.00. The molecule has 0 radical (unpaired) electrons. The highest BCUT2D eigenvalue weighted by atomic mass is 32.1. The van der Waals surface area contributed by atoms with E-state index in [1.165, 1.54) is 28.8 Å². The maximum Gasteiger partial charge on any atom is 0.276 e. The maximum absolute atomic E-state index is 13.2. The maximum atomic E-state index is 13.2. The van der Waals surface area contributed by atoms with Crippen molar-refractivity contribution in [1.29, 1.82) is 5.26 Å². The van der Waals surface area contributed by atoms with Crippen LogP contribution in [0.1, 0.15) is 11.3 Å². The molecule has 0 aliphatic rings. The molecule has 3 aromatic rings. The molecule has 0 bridgehead atoms. The van der Waals surface area contributed by atoms with Crippen molar-refractivity contribution in [3.8, 4) is 23.3 Å². The van der Waals surface area contributed by atoms with Crippen molar-refractivity contribution < 1.29 is 4.39 Å². The molecule has 0 saturated carbocycles. The minimum Gasteiger partial charge on any atom is -0.267 e. The van der Waals surface area contributed by atoms with Gasteiger partial charge in [-0.05, 0) is 36.4 Å². The van der Waals surface area contributed by atoms with Gasteiger partial charge in [-0.15, -0.1) is 0 Å². The molecule has 0 spiro atoms. The summed E-state index contributed by atoms with van der Waals surface area (Å²) >= 11 is 4.14. The highest BCUT2D eigenvalue weighted by Crippen LogP contribution is 2.19. The summed E-state index contributed by atoms with van der Waals surface area (Å²) in [4.78, 5) is 21.4. The summed E-state index contributed by atoms with van der Waals surface area (Å²) in [6, 6.07) is 12.5. The van der Waals surface area contributed by atoms with Gasteiger partial charge in [-0.2, -0.15) is 17.9 Å². The van der Waals surface area contributed by atoms with Crippen molar-refractivity contribution in [2.24, 2.45) is 0 Å². The molecule has 3 rings (SSSR count). The van der Waals surface area contributed by atoms with Crippen LogP contribution in [0.2, 0.25) is 0 Å². The molecule has 0 N–H and O–H groups in total. The Kier molecular flexibility index (Phi) is 4.40. The van der Waals surface area contributed by atoms with Gasteiger partial charge in [0.1, 0.15) is 23.1 Å². The van der Waals surface area contributed by atoms with Crippen molar-refractivity contribution in [3.05, 3.63) is 76.1 Å². The van der Waals surface area contributed by atoms with Crippen LogP contribution in [0.15, 0.2) is 53.5 Å². The summed E-state index contributed by atoms with van der Waals surface area (Å²) in [5, 5.41) is 9.29. The summed E-state index contributed by atoms with van der Waals surface area (Å²) in [6.07, 6.45) is 1.58. The molecular formula is C17H11FN4OS. The molecule has 2 heterocycles. The minimum absolute atomic E-state index is 0.0889. The van der Waals surface area contributed by atoms with E-state index in [-0.39, 0.29) is 22.8 Å². The van der Waals surface area contributed by atoms with Crippen LogP contribution in [-0.4, -0.2) is 14.5 Å². The Morgan fingerprint density at radius 3 is 2.54 bits per heavy atom. The molecule has 0 saturated heterocycles. The van der Waals surface area contributed by atoms with E-state index >= 15 is 0 Å². The van der Waals surface area contributed by atoms with Gasteiger partial charge in [0.25, 0.3) is 5.56 Å². The van der Waals surface area contributed by atoms with Gasteiger partial charge in [0.2, 0.25) is 0 Å². The molecule has 0 amide bonds. The molecule has 1 aromatic carbocycles. The fourth-order valence-electron chi connectivity index (χ4n) is 2.29. The first-order valence-corrected chi connectivity index (χ1v) is 7.63. The van der Waals surface area contributed by atoms with E-state index in [9.17, 15) is 14.4 Å². The monoisotopic (exact) mass is 338 g/mol. The number of nitrogens with zero attached hydrogens (tertiary/aromatic N) is 4. The van der Waals surface area contributed by atoms with E-state index in [2.05, 4.69) is 22.6 Å². The van der Waals surface area contributed by atoms with Crippen LogP contribution in [0.5, 0.6) is 0 Å². The zero-order valence-electron chi connectivity index (χ0n) is 12.3. The number of aromatic nitrogens is 3. The van der Waals surface area contributed by atoms with Gasteiger partial charge in [0.05, 0.1) is 11.4 Å². The van der Waals surface area contributed by atoms with Crippen LogP contribution in [0.3, 0.4) is 0 Å². The van der Waals surface area contributed by atoms with E-state index < -0.39 is 11.4 Å². The second-order valence-electron chi connectivity index (χ2n) is 4.86. The predicted octanol–water partition coefficient (Wildman–Crippen LogP) is 2.74. The van der Waals surface area contributed by atoms with E-state index in [1.54, 1.807) is 24.4 Å². The lowest BCUT2D eigenvalue weighted by Crippen LogP contribution is -2.26. The van der Waals surface area contributed by atoms with E-state index in [1.807, 2.05) is 6.07 Å². The zero-order valence-corrected chi connectivity index (χ0v) is 13.2. The van der Waals surface area contributed by atoms with Gasteiger partial charge in [0, 0.05) is 11.9 Å². The van der Waals surface area contributed by atoms with E-state index in [4.69, 9.17) is 0 Å². The predicted molar refractivity (Wildman–Crippen MR) is 90.4 cm³/mol. The van der Waals surface area contributed by atoms with Crippen LogP contribution < -0.4 is 5.56 Å².